The molecule has 1 aliphatic heterocycles. The van der Waals surface area contributed by atoms with E-state index in [0.717, 1.165) is 0 Å². The maximum atomic E-state index is 12.6. The van der Waals surface area contributed by atoms with Crippen LogP contribution in [0.25, 0.3) is 0 Å². The lowest BCUT2D eigenvalue weighted by Gasteiger charge is -2.32. The zero-order valence-electron chi connectivity index (χ0n) is 15.4. The molecule has 25 heavy (non-hydrogen) atoms. The van der Waals surface area contributed by atoms with Gasteiger partial charge in [-0.2, -0.15) is 0 Å². The molecule has 138 valence electrons. The highest BCUT2D eigenvalue weighted by Gasteiger charge is 2.29. The molecule has 1 fully saturated rings. The summed E-state index contributed by atoms with van der Waals surface area (Å²) in [6.45, 7) is 7.19. The highest BCUT2D eigenvalue weighted by molar-refractivity contribution is 5.97. The molecule has 1 aliphatic rings. The summed E-state index contributed by atoms with van der Waals surface area (Å²) < 4.78 is 5.03. The van der Waals surface area contributed by atoms with Crippen LogP contribution in [0.5, 0.6) is 11.5 Å². The van der Waals surface area contributed by atoms with Gasteiger partial charge >= 0.3 is 0 Å². The van der Waals surface area contributed by atoms with Crippen LogP contribution in [0.15, 0.2) is 18.2 Å². The van der Waals surface area contributed by atoms with E-state index >= 15 is 0 Å². The highest BCUT2D eigenvalue weighted by atomic mass is 16.5. The number of methoxy groups -OCH3 is 1. The quantitative estimate of drug-likeness (QED) is 0.856. The van der Waals surface area contributed by atoms with E-state index in [2.05, 4.69) is 19.2 Å². The van der Waals surface area contributed by atoms with Gasteiger partial charge in [-0.25, -0.2) is 0 Å². The van der Waals surface area contributed by atoms with Crippen molar-refractivity contribution >= 4 is 11.8 Å². The maximum absolute atomic E-state index is 12.6. The number of nitrogens with one attached hydrogen (secondary N) is 1. The maximum Gasteiger partial charge on any atom is 0.257 e. The average molecular weight is 348 g/mol. The Kier molecular flexibility index (Phi) is 6.28. The number of amides is 2. The number of phenols is 1. The van der Waals surface area contributed by atoms with Gasteiger partial charge in [0.05, 0.1) is 12.7 Å². The molecule has 0 unspecified atom stereocenters. The minimum atomic E-state index is -0.213. The Morgan fingerprint density at radius 2 is 1.88 bits per heavy atom. The van der Waals surface area contributed by atoms with Crippen LogP contribution in [0.2, 0.25) is 0 Å². The van der Waals surface area contributed by atoms with Crippen LogP contribution in [-0.4, -0.2) is 48.1 Å². The van der Waals surface area contributed by atoms with E-state index in [1.54, 1.807) is 17.0 Å². The predicted octanol–water partition coefficient (Wildman–Crippen LogP) is 2.41. The van der Waals surface area contributed by atoms with Gasteiger partial charge in [-0.15, -0.1) is 0 Å². The van der Waals surface area contributed by atoms with E-state index in [1.165, 1.54) is 13.2 Å². The Hall–Kier alpha value is -2.24. The van der Waals surface area contributed by atoms with Gasteiger partial charge in [0, 0.05) is 31.1 Å². The Morgan fingerprint density at radius 1 is 1.24 bits per heavy atom. The Bertz CT molecular complexity index is 622. The lowest BCUT2D eigenvalue weighted by Crippen LogP contribution is -2.45. The highest BCUT2D eigenvalue weighted by Crippen LogP contribution is 2.26. The largest absolute Gasteiger partial charge is 0.507 e. The second-order valence-corrected chi connectivity index (χ2v) is 6.99. The lowest BCUT2D eigenvalue weighted by molar-refractivity contribution is -0.127. The van der Waals surface area contributed by atoms with E-state index in [0.29, 0.717) is 37.6 Å². The van der Waals surface area contributed by atoms with Gasteiger partial charge in [0.25, 0.3) is 5.91 Å². The van der Waals surface area contributed by atoms with Crippen molar-refractivity contribution in [2.45, 2.75) is 39.7 Å². The van der Waals surface area contributed by atoms with Crippen molar-refractivity contribution < 1.29 is 19.4 Å². The van der Waals surface area contributed by atoms with Crippen molar-refractivity contribution in [1.29, 1.82) is 0 Å². The molecule has 0 aromatic heterocycles. The third-order valence-electron chi connectivity index (χ3n) is 4.96. The molecule has 6 nitrogen and oxygen atoms in total. The number of hydrogen-bond acceptors (Lipinski definition) is 4. The minimum Gasteiger partial charge on any atom is -0.507 e. The molecule has 0 bridgehead atoms. The molecule has 1 heterocycles. The second-order valence-electron chi connectivity index (χ2n) is 6.99. The first kappa shape index (κ1) is 19.1. The molecule has 2 rings (SSSR count). The van der Waals surface area contributed by atoms with Crippen LogP contribution in [0.1, 0.15) is 44.0 Å². The number of nitrogens with zero attached hydrogens (tertiary/aromatic N) is 1. The van der Waals surface area contributed by atoms with Gasteiger partial charge < -0.3 is 20.1 Å². The number of ether oxygens (including phenoxy) is 1. The van der Waals surface area contributed by atoms with E-state index in [4.69, 9.17) is 4.74 Å². The first-order valence-electron chi connectivity index (χ1n) is 8.80. The SMILES string of the molecule is COc1ccc(C(=O)N2CCC(C(=O)N[C@H](C)C(C)C)CC2)c(O)c1. The van der Waals surface area contributed by atoms with Crippen molar-refractivity contribution in [3.63, 3.8) is 0 Å². The molecule has 0 radical (unpaired) electrons. The first-order valence-corrected chi connectivity index (χ1v) is 8.80. The van der Waals surface area contributed by atoms with E-state index in [9.17, 15) is 14.7 Å². The second kappa shape index (κ2) is 8.23. The number of hydrogen-bond donors (Lipinski definition) is 2. The van der Waals surface area contributed by atoms with Gasteiger partial charge in [-0.1, -0.05) is 13.8 Å². The fourth-order valence-electron chi connectivity index (χ4n) is 2.84. The number of benzene rings is 1. The van der Waals surface area contributed by atoms with Gasteiger partial charge in [0.15, 0.2) is 0 Å². The van der Waals surface area contributed by atoms with Gasteiger partial charge in [-0.05, 0) is 37.8 Å². The monoisotopic (exact) mass is 348 g/mol. The summed E-state index contributed by atoms with van der Waals surface area (Å²) in [4.78, 5) is 26.6. The molecule has 2 amide bonds. The molecule has 0 spiro atoms. The van der Waals surface area contributed by atoms with E-state index < -0.39 is 0 Å². The van der Waals surface area contributed by atoms with Crippen LogP contribution in [0.4, 0.5) is 0 Å². The third-order valence-corrected chi connectivity index (χ3v) is 4.96. The molecule has 0 saturated carbocycles. The van der Waals surface area contributed by atoms with Crippen LogP contribution >= 0.6 is 0 Å². The summed E-state index contributed by atoms with van der Waals surface area (Å²) in [7, 11) is 1.51. The van der Waals surface area contributed by atoms with Crippen molar-refractivity contribution in [3.05, 3.63) is 23.8 Å². The Morgan fingerprint density at radius 3 is 2.40 bits per heavy atom. The van der Waals surface area contributed by atoms with Crippen LogP contribution in [0.3, 0.4) is 0 Å². The number of piperidine rings is 1. The fourth-order valence-corrected chi connectivity index (χ4v) is 2.84. The zero-order chi connectivity index (χ0) is 18.6. The number of aromatic hydroxyl groups is 1. The van der Waals surface area contributed by atoms with Gasteiger partial charge in [0.1, 0.15) is 11.5 Å². The average Bonchev–Trinajstić information content (AvgIpc) is 2.60. The normalized spacial score (nSPS) is 16.6. The van der Waals surface area contributed by atoms with E-state index in [-0.39, 0.29) is 35.1 Å². The molecule has 1 aromatic rings. The standard InChI is InChI=1S/C19H28N2O4/c1-12(2)13(3)20-18(23)14-7-9-21(10-8-14)19(24)16-6-5-15(25-4)11-17(16)22/h5-6,11-14,22H,7-10H2,1-4H3,(H,20,23)/t13-/m1/s1. The number of carbonyl (C=O) groups excluding carboxylic acids is 2. The van der Waals surface area contributed by atoms with Crippen LogP contribution in [-0.2, 0) is 4.79 Å². The lowest BCUT2D eigenvalue weighted by atomic mass is 9.94. The van der Waals surface area contributed by atoms with Crippen molar-refractivity contribution in [1.82, 2.24) is 10.2 Å². The Labute approximate surface area is 149 Å². The molecule has 2 N–H and O–H groups in total. The summed E-state index contributed by atoms with van der Waals surface area (Å²) in [5.41, 5.74) is 0.261. The van der Waals surface area contributed by atoms with Crippen LogP contribution < -0.4 is 10.1 Å². The predicted molar refractivity (Wildman–Crippen MR) is 95.7 cm³/mol. The molecule has 1 saturated heterocycles. The number of phenolic OH excluding ortho intramolecular Hbond substituents is 1. The summed E-state index contributed by atoms with van der Waals surface area (Å²) >= 11 is 0. The van der Waals surface area contributed by atoms with Crippen molar-refractivity contribution in [2.75, 3.05) is 20.2 Å². The topological polar surface area (TPSA) is 78.9 Å². The first-order chi connectivity index (χ1) is 11.8. The van der Waals surface area contributed by atoms with Gasteiger partial charge in [-0.3, -0.25) is 9.59 Å². The van der Waals surface area contributed by atoms with Crippen molar-refractivity contribution in [2.24, 2.45) is 11.8 Å². The number of likely N-dealkylation sites (tertiary alicyclic amines) is 1. The summed E-state index contributed by atoms with van der Waals surface area (Å²) in [6, 6.07) is 4.80. The molecule has 0 aliphatic carbocycles. The summed E-state index contributed by atoms with van der Waals surface area (Å²) in [5, 5.41) is 13.1. The smallest absolute Gasteiger partial charge is 0.257 e. The number of carbonyl (C=O) groups is 2. The van der Waals surface area contributed by atoms with Crippen molar-refractivity contribution in [3.8, 4) is 11.5 Å². The number of rotatable bonds is 5. The molecule has 1 atom stereocenters. The fraction of sp³-hybridized carbons (Fsp3) is 0.579. The zero-order valence-corrected chi connectivity index (χ0v) is 15.4. The minimum absolute atomic E-state index is 0.0604. The van der Waals surface area contributed by atoms with Gasteiger partial charge in [0.2, 0.25) is 5.91 Å². The van der Waals surface area contributed by atoms with Crippen LogP contribution in [0, 0.1) is 11.8 Å². The molecule has 1 aromatic carbocycles. The molecule has 6 heteroatoms. The Balaban J connectivity index is 1.93. The molecular formula is C19H28N2O4. The third kappa shape index (κ3) is 4.65. The summed E-state index contributed by atoms with van der Waals surface area (Å²) in [5.74, 6) is 0.604. The van der Waals surface area contributed by atoms with E-state index in [1.807, 2.05) is 6.92 Å². The summed E-state index contributed by atoms with van der Waals surface area (Å²) in [6.07, 6.45) is 1.28. The molecular weight excluding hydrogens is 320 g/mol.